The van der Waals surface area contributed by atoms with E-state index in [2.05, 4.69) is 0 Å². The van der Waals surface area contributed by atoms with Crippen molar-refractivity contribution in [2.24, 2.45) is 0 Å². The van der Waals surface area contributed by atoms with Gasteiger partial charge in [-0.2, -0.15) is 0 Å². The Bertz CT molecular complexity index is 277. The van der Waals surface area contributed by atoms with E-state index in [0.29, 0.717) is 0 Å². The van der Waals surface area contributed by atoms with E-state index >= 15 is 0 Å². The van der Waals surface area contributed by atoms with Gasteiger partial charge in [0.2, 0.25) is 7.59 Å². The molecule has 124 valence electrons. The van der Waals surface area contributed by atoms with Crippen molar-refractivity contribution < 1.29 is 0 Å². The molecule has 0 aliphatic heterocycles. The average Bonchev–Trinajstić information content (AvgIpc) is 2.13. The molecule has 0 amide bonds. The topological polar surface area (TPSA) is 0 Å². The van der Waals surface area contributed by atoms with Gasteiger partial charge in [0, 0.05) is 0 Å². The second-order valence-electron chi connectivity index (χ2n) is 3.30. The first kappa shape index (κ1) is 26.0. The summed E-state index contributed by atoms with van der Waals surface area (Å²) < 4.78 is -8.67. The first-order chi connectivity index (χ1) is 8.31. The summed E-state index contributed by atoms with van der Waals surface area (Å²) >= 11 is 70.7. The van der Waals surface area contributed by atoms with Crippen LogP contribution in [0.5, 0.6) is 0 Å². The van der Waals surface area contributed by atoms with Gasteiger partial charge in [-0.25, -0.2) is 0 Å². The van der Waals surface area contributed by atoms with Gasteiger partial charge in [0.1, 0.15) is 0 Å². The molecule has 0 spiro atoms. The molecule has 0 aliphatic rings. The number of hydrogen-bond acceptors (Lipinski definition) is 0. The number of hydrogen-bond donors (Lipinski definition) is 0. The molecule has 0 nitrogen and oxygen atoms in total. The van der Waals surface area contributed by atoms with E-state index in [1.165, 1.54) is 6.92 Å². The molecule has 0 saturated carbocycles. The summed E-state index contributed by atoms with van der Waals surface area (Å²) in [6.45, 7) is 1.41. The second kappa shape index (κ2) is 8.93. The van der Waals surface area contributed by atoms with E-state index in [0.717, 1.165) is 0 Å². The van der Waals surface area contributed by atoms with Crippen molar-refractivity contribution in [3.05, 3.63) is 0 Å². The van der Waals surface area contributed by atoms with Crippen LogP contribution in [0.4, 0.5) is 0 Å². The molecule has 0 atom stereocenters. The molecular formula is C7H5Cl13. The van der Waals surface area contributed by atoms with Gasteiger partial charge in [0.05, 0.1) is 5.88 Å². The molecule has 0 aromatic heterocycles. The van der Waals surface area contributed by atoms with Gasteiger partial charge in [0.15, 0.2) is 13.0 Å². The maximum atomic E-state index is 5.63. The Morgan fingerprint density at radius 1 is 0.600 bits per heavy atom. The Balaban J connectivity index is 0. The molecule has 0 heterocycles. The maximum Gasteiger partial charge on any atom is 0.226 e. The Morgan fingerprint density at radius 2 is 0.850 bits per heavy atom. The van der Waals surface area contributed by atoms with E-state index in [9.17, 15) is 0 Å². The van der Waals surface area contributed by atoms with Crippen molar-refractivity contribution in [3.63, 3.8) is 0 Å². The fraction of sp³-hybridized carbons (Fsp3) is 1.00. The zero-order chi connectivity index (χ0) is 17.2. The fourth-order valence-corrected chi connectivity index (χ4v) is 1.82. The first-order valence-electron chi connectivity index (χ1n) is 4.14. The summed E-state index contributed by atoms with van der Waals surface area (Å²) in [6.07, 6.45) is 0. The highest BCUT2D eigenvalue weighted by Gasteiger charge is 2.59. The smallest absolute Gasteiger partial charge is 0.123 e. The Kier molecular flexibility index (Phi) is 11.6. The van der Waals surface area contributed by atoms with Crippen molar-refractivity contribution in [1.82, 2.24) is 0 Å². The van der Waals surface area contributed by atoms with Crippen molar-refractivity contribution in [1.29, 1.82) is 0 Å². The summed E-state index contributed by atoms with van der Waals surface area (Å²) in [6, 6.07) is 0. The molecule has 0 fully saturated rings. The van der Waals surface area contributed by atoms with Crippen molar-refractivity contribution in [2.45, 2.75) is 27.5 Å². The number of alkyl halides is 13. The maximum absolute atomic E-state index is 5.63. The third-order valence-corrected chi connectivity index (χ3v) is 8.30. The van der Waals surface area contributed by atoms with Crippen LogP contribution in [0.15, 0.2) is 0 Å². The zero-order valence-electron chi connectivity index (χ0n) is 9.12. The lowest BCUT2D eigenvalue weighted by atomic mass is 10.3. The van der Waals surface area contributed by atoms with Crippen LogP contribution >= 0.6 is 151 Å². The summed E-state index contributed by atoms with van der Waals surface area (Å²) in [7, 11) is 0. The lowest BCUT2D eigenvalue weighted by molar-refractivity contribution is 0.718. The molecule has 0 aromatic carbocycles. The largest absolute Gasteiger partial charge is 0.226 e. The minimum absolute atomic E-state index is 0.267. The van der Waals surface area contributed by atoms with Crippen molar-refractivity contribution in [2.75, 3.05) is 5.88 Å². The minimum Gasteiger partial charge on any atom is -0.123 e. The highest BCUT2D eigenvalue weighted by molar-refractivity contribution is 6.79. The highest BCUT2D eigenvalue weighted by atomic mass is 35.6. The quantitative estimate of drug-likeness (QED) is 0.303. The SMILES string of the molecule is CC(Cl)(Cl)C(Cl)(Cl)Cl.ClCC(Cl)(Cl)C(Cl)(Cl)C(Cl)(Cl)Cl. The van der Waals surface area contributed by atoms with Gasteiger partial charge >= 0.3 is 0 Å². The van der Waals surface area contributed by atoms with E-state index < -0.39 is 20.6 Å². The van der Waals surface area contributed by atoms with Gasteiger partial charge < -0.3 is 0 Å². The normalized spacial score (nSPS) is 14.7. The molecule has 20 heavy (non-hydrogen) atoms. The van der Waals surface area contributed by atoms with Gasteiger partial charge in [-0.15, -0.1) is 11.6 Å². The average molecular weight is 550 g/mol. The third kappa shape index (κ3) is 8.24. The Morgan fingerprint density at radius 3 is 0.900 bits per heavy atom. The van der Waals surface area contributed by atoms with Crippen LogP contribution in [0.25, 0.3) is 0 Å². The van der Waals surface area contributed by atoms with Gasteiger partial charge in [0.25, 0.3) is 0 Å². The molecule has 0 aromatic rings. The Hall–Kier alpha value is 3.77. The lowest BCUT2D eigenvalue weighted by Gasteiger charge is -2.36. The van der Waals surface area contributed by atoms with E-state index in [1.54, 1.807) is 0 Å². The summed E-state index contributed by atoms with van der Waals surface area (Å²) in [4.78, 5) is 0. The van der Waals surface area contributed by atoms with E-state index in [4.69, 9.17) is 151 Å². The predicted octanol–water partition coefficient (Wildman–Crippen LogP) is 8.49. The second-order valence-corrected chi connectivity index (χ2v) is 12.6. The molecule has 0 saturated heterocycles. The standard InChI is InChI=1S/C4H2Cl8.C3H3Cl5/c5-1-2(6,7)3(8,9)4(10,11)12;1-2(4,5)3(6,7)8/h1H2;1H3. The number of halogens is 13. The molecule has 0 radical (unpaired) electrons. The fourth-order valence-electron chi connectivity index (χ4n) is 0.291. The highest BCUT2D eigenvalue weighted by Crippen LogP contribution is 2.56. The van der Waals surface area contributed by atoms with Crippen LogP contribution in [-0.4, -0.2) is 26.5 Å². The van der Waals surface area contributed by atoms with Crippen molar-refractivity contribution in [3.8, 4) is 0 Å². The van der Waals surface area contributed by atoms with Gasteiger partial charge in [-0.3, -0.25) is 0 Å². The van der Waals surface area contributed by atoms with Crippen LogP contribution in [0, 0.1) is 0 Å². The van der Waals surface area contributed by atoms with Crippen LogP contribution in [0.3, 0.4) is 0 Å². The van der Waals surface area contributed by atoms with Crippen LogP contribution in [0.2, 0.25) is 0 Å². The van der Waals surface area contributed by atoms with Crippen LogP contribution in [0.1, 0.15) is 6.92 Å². The lowest BCUT2D eigenvalue weighted by Crippen LogP contribution is -2.48. The van der Waals surface area contributed by atoms with E-state index in [-0.39, 0.29) is 5.88 Å². The van der Waals surface area contributed by atoms with Crippen LogP contribution in [-0.2, 0) is 0 Å². The van der Waals surface area contributed by atoms with Crippen LogP contribution < -0.4 is 0 Å². The number of rotatable bonds is 2. The minimum atomic E-state index is -2.02. The zero-order valence-corrected chi connectivity index (χ0v) is 18.9. The third-order valence-electron chi connectivity index (χ3n) is 1.48. The summed E-state index contributed by atoms with van der Waals surface area (Å²) in [5.41, 5.74) is 0. The molecule has 0 N–H and O–H groups in total. The molecular weight excluding hydrogens is 545 g/mol. The predicted molar refractivity (Wildman–Crippen MR) is 100 cm³/mol. The summed E-state index contributed by atoms with van der Waals surface area (Å²) in [5, 5.41) is 0. The van der Waals surface area contributed by atoms with Gasteiger partial charge in [-0.05, 0) is 6.92 Å². The molecule has 0 unspecified atom stereocenters. The monoisotopic (exact) mass is 544 g/mol. The molecule has 0 bridgehead atoms. The van der Waals surface area contributed by atoms with E-state index in [1.807, 2.05) is 0 Å². The van der Waals surface area contributed by atoms with Crippen molar-refractivity contribution >= 4 is 151 Å². The van der Waals surface area contributed by atoms with Gasteiger partial charge in [-0.1, -0.05) is 139 Å². The summed E-state index contributed by atoms with van der Waals surface area (Å²) in [5.74, 6) is -0.267. The molecule has 0 rings (SSSR count). The molecule has 13 heteroatoms. The Labute approximate surface area is 182 Å². The molecule has 0 aliphatic carbocycles. The first-order valence-corrected chi connectivity index (χ1v) is 9.21.